The van der Waals surface area contributed by atoms with E-state index in [0.717, 1.165) is 17.7 Å². The zero-order valence-electron chi connectivity index (χ0n) is 18.5. The number of esters is 1. The molecule has 0 N–H and O–H groups in total. The summed E-state index contributed by atoms with van der Waals surface area (Å²) in [5.41, 5.74) is 0.433. The SMILES string of the molecule is CC(C)Cc1noc(COC(=O)c2ccccc2SCC(=O)N(C)C2CCCCC2)n1. The van der Waals surface area contributed by atoms with Gasteiger partial charge in [0.2, 0.25) is 5.91 Å². The van der Waals surface area contributed by atoms with E-state index in [-0.39, 0.29) is 18.4 Å². The molecule has 1 aliphatic carbocycles. The highest BCUT2D eigenvalue weighted by Gasteiger charge is 2.23. The summed E-state index contributed by atoms with van der Waals surface area (Å²) in [4.78, 5) is 32.1. The highest BCUT2D eigenvalue weighted by molar-refractivity contribution is 8.00. The van der Waals surface area contributed by atoms with E-state index in [9.17, 15) is 9.59 Å². The monoisotopic (exact) mass is 445 g/mol. The number of ether oxygens (including phenoxy) is 1. The molecule has 1 saturated carbocycles. The Kier molecular flexibility index (Phi) is 8.51. The maximum atomic E-state index is 12.6. The maximum absolute atomic E-state index is 12.6. The van der Waals surface area contributed by atoms with E-state index in [2.05, 4.69) is 24.0 Å². The highest BCUT2D eigenvalue weighted by Crippen LogP contribution is 2.26. The summed E-state index contributed by atoms with van der Waals surface area (Å²) in [6.45, 7) is 4.07. The zero-order chi connectivity index (χ0) is 22.2. The van der Waals surface area contributed by atoms with Crippen molar-refractivity contribution >= 4 is 23.6 Å². The number of benzene rings is 1. The molecule has 2 aromatic rings. The fourth-order valence-corrected chi connectivity index (χ4v) is 4.64. The molecular weight excluding hydrogens is 414 g/mol. The first-order valence-corrected chi connectivity index (χ1v) is 11.9. The van der Waals surface area contributed by atoms with Crippen LogP contribution in [-0.2, 0) is 22.6 Å². The molecule has 3 rings (SSSR count). The van der Waals surface area contributed by atoms with Crippen molar-refractivity contribution in [1.82, 2.24) is 15.0 Å². The standard InChI is InChI=1S/C23H31N3O4S/c1-16(2)13-20-24-21(30-25-20)14-29-23(28)18-11-7-8-12-19(18)31-15-22(27)26(3)17-9-5-4-6-10-17/h7-8,11-12,16-17H,4-6,9-10,13-15H2,1-3H3. The van der Waals surface area contributed by atoms with Gasteiger partial charge in [-0.25, -0.2) is 4.79 Å². The second-order valence-corrected chi connectivity index (χ2v) is 9.38. The normalized spacial score (nSPS) is 14.6. The van der Waals surface area contributed by atoms with Crippen molar-refractivity contribution in [2.45, 2.75) is 69.9 Å². The summed E-state index contributed by atoms with van der Waals surface area (Å²) in [5, 5.41) is 3.90. The fourth-order valence-electron chi connectivity index (χ4n) is 3.68. The van der Waals surface area contributed by atoms with Gasteiger partial charge < -0.3 is 14.2 Å². The summed E-state index contributed by atoms with van der Waals surface area (Å²) in [7, 11) is 1.89. The van der Waals surface area contributed by atoms with Gasteiger partial charge in [0.25, 0.3) is 5.89 Å². The van der Waals surface area contributed by atoms with Crippen molar-refractivity contribution in [3.05, 3.63) is 41.5 Å². The highest BCUT2D eigenvalue weighted by atomic mass is 32.2. The predicted octanol–water partition coefficient (Wildman–Crippen LogP) is 4.51. The lowest BCUT2D eigenvalue weighted by Crippen LogP contribution is -2.39. The van der Waals surface area contributed by atoms with Gasteiger partial charge >= 0.3 is 5.97 Å². The summed E-state index contributed by atoms with van der Waals surface area (Å²) in [6.07, 6.45) is 6.48. The smallest absolute Gasteiger partial charge is 0.339 e. The number of rotatable bonds is 9. The first-order valence-electron chi connectivity index (χ1n) is 10.9. The van der Waals surface area contributed by atoms with Crippen LogP contribution in [0.25, 0.3) is 0 Å². The molecule has 1 aromatic heterocycles. The Labute approximate surface area is 187 Å². The van der Waals surface area contributed by atoms with E-state index in [1.807, 2.05) is 24.1 Å². The second kappa shape index (κ2) is 11.3. The Morgan fingerprint density at radius 2 is 1.97 bits per heavy atom. The molecule has 0 atom stereocenters. The number of hydrogen-bond acceptors (Lipinski definition) is 7. The first-order chi connectivity index (χ1) is 14.9. The van der Waals surface area contributed by atoms with E-state index in [1.165, 1.54) is 31.0 Å². The van der Waals surface area contributed by atoms with Gasteiger partial charge in [0.1, 0.15) is 0 Å². The van der Waals surface area contributed by atoms with Gasteiger partial charge in [0.05, 0.1) is 11.3 Å². The molecule has 0 saturated heterocycles. The summed E-state index contributed by atoms with van der Waals surface area (Å²) in [5.74, 6) is 1.20. The maximum Gasteiger partial charge on any atom is 0.339 e. The third-order valence-electron chi connectivity index (χ3n) is 5.40. The number of carbonyl (C=O) groups excluding carboxylic acids is 2. The Balaban J connectivity index is 1.54. The third kappa shape index (κ3) is 6.82. The minimum Gasteiger partial charge on any atom is -0.452 e. The Morgan fingerprint density at radius 3 is 2.71 bits per heavy atom. The van der Waals surface area contributed by atoms with E-state index >= 15 is 0 Å². The summed E-state index contributed by atoms with van der Waals surface area (Å²) < 4.78 is 10.5. The number of hydrogen-bond donors (Lipinski definition) is 0. The molecule has 1 heterocycles. The topological polar surface area (TPSA) is 85.5 Å². The van der Waals surface area contributed by atoms with Crippen LogP contribution in [0.5, 0.6) is 0 Å². The molecule has 0 radical (unpaired) electrons. The van der Waals surface area contributed by atoms with Crippen LogP contribution in [0.2, 0.25) is 0 Å². The minimum atomic E-state index is -0.472. The Bertz CT molecular complexity index is 877. The van der Waals surface area contributed by atoms with E-state index in [0.29, 0.717) is 35.5 Å². The number of aromatic nitrogens is 2. The number of nitrogens with zero attached hydrogens (tertiary/aromatic N) is 3. The van der Waals surface area contributed by atoms with Gasteiger partial charge in [-0.2, -0.15) is 4.98 Å². The van der Waals surface area contributed by atoms with Crippen molar-refractivity contribution in [3.63, 3.8) is 0 Å². The van der Waals surface area contributed by atoms with Crippen LogP contribution < -0.4 is 0 Å². The summed E-state index contributed by atoms with van der Waals surface area (Å²) >= 11 is 1.36. The molecule has 7 nitrogen and oxygen atoms in total. The van der Waals surface area contributed by atoms with Gasteiger partial charge in [-0.15, -0.1) is 11.8 Å². The molecule has 1 aromatic carbocycles. The molecular formula is C23H31N3O4S. The van der Waals surface area contributed by atoms with E-state index < -0.39 is 5.97 Å². The van der Waals surface area contributed by atoms with Gasteiger partial charge in [-0.1, -0.05) is 50.4 Å². The molecule has 168 valence electrons. The molecule has 1 fully saturated rings. The van der Waals surface area contributed by atoms with Crippen molar-refractivity contribution in [2.75, 3.05) is 12.8 Å². The summed E-state index contributed by atoms with van der Waals surface area (Å²) in [6, 6.07) is 7.51. The minimum absolute atomic E-state index is 0.0771. The molecule has 0 spiro atoms. The van der Waals surface area contributed by atoms with Crippen molar-refractivity contribution in [1.29, 1.82) is 0 Å². The largest absolute Gasteiger partial charge is 0.452 e. The van der Waals surface area contributed by atoms with Crippen LogP contribution in [0.4, 0.5) is 0 Å². The van der Waals surface area contributed by atoms with Crippen molar-refractivity contribution in [2.24, 2.45) is 5.92 Å². The van der Waals surface area contributed by atoms with Gasteiger partial charge in [-0.05, 0) is 30.9 Å². The quantitative estimate of drug-likeness (QED) is 0.415. The van der Waals surface area contributed by atoms with E-state index in [4.69, 9.17) is 9.26 Å². The van der Waals surface area contributed by atoms with Crippen LogP contribution in [0.1, 0.15) is 68.0 Å². The number of carbonyl (C=O) groups is 2. The molecule has 31 heavy (non-hydrogen) atoms. The second-order valence-electron chi connectivity index (χ2n) is 8.36. The average molecular weight is 446 g/mol. The van der Waals surface area contributed by atoms with Gasteiger partial charge in [-0.3, -0.25) is 4.79 Å². The Hall–Kier alpha value is -2.35. The first kappa shape index (κ1) is 23.3. The molecule has 1 amide bonds. The molecule has 8 heteroatoms. The van der Waals surface area contributed by atoms with Crippen LogP contribution in [0, 0.1) is 5.92 Å². The van der Waals surface area contributed by atoms with Crippen LogP contribution in [0.15, 0.2) is 33.7 Å². The van der Waals surface area contributed by atoms with Gasteiger partial charge in [0, 0.05) is 24.4 Å². The lowest BCUT2D eigenvalue weighted by molar-refractivity contribution is -0.129. The van der Waals surface area contributed by atoms with Crippen LogP contribution >= 0.6 is 11.8 Å². The van der Waals surface area contributed by atoms with E-state index in [1.54, 1.807) is 12.1 Å². The number of amides is 1. The van der Waals surface area contributed by atoms with Crippen molar-refractivity contribution in [3.8, 4) is 0 Å². The number of thioether (sulfide) groups is 1. The lowest BCUT2D eigenvalue weighted by Gasteiger charge is -2.31. The third-order valence-corrected chi connectivity index (χ3v) is 6.46. The van der Waals surface area contributed by atoms with Crippen LogP contribution in [-0.4, -0.2) is 45.8 Å². The molecule has 1 aliphatic rings. The molecule has 0 bridgehead atoms. The average Bonchev–Trinajstić information content (AvgIpc) is 3.22. The lowest BCUT2D eigenvalue weighted by atomic mass is 9.94. The fraction of sp³-hybridized carbons (Fsp3) is 0.565. The Morgan fingerprint density at radius 1 is 1.23 bits per heavy atom. The molecule has 0 unspecified atom stereocenters. The van der Waals surface area contributed by atoms with Crippen LogP contribution in [0.3, 0.4) is 0 Å². The van der Waals surface area contributed by atoms with Gasteiger partial charge in [0.15, 0.2) is 12.4 Å². The molecule has 0 aliphatic heterocycles. The zero-order valence-corrected chi connectivity index (χ0v) is 19.3. The van der Waals surface area contributed by atoms with Crippen molar-refractivity contribution < 1.29 is 18.8 Å². The predicted molar refractivity (Wildman–Crippen MR) is 119 cm³/mol.